The molecule has 7 heteroatoms. The number of nitrogens with zero attached hydrogens (tertiary/aromatic N) is 1. The van der Waals surface area contributed by atoms with E-state index >= 15 is 0 Å². The van der Waals surface area contributed by atoms with Gasteiger partial charge in [0.05, 0.1) is 13.1 Å². The smallest absolute Gasteiger partial charge is 0.324 e. The number of benzene rings is 2. The Bertz CT molecular complexity index is 820. The van der Waals surface area contributed by atoms with E-state index < -0.39 is 6.03 Å². The van der Waals surface area contributed by atoms with Crippen molar-refractivity contribution in [1.29, 1.82) is 0 Å². The fourth-order valence-electron chi connectivity index (χ4n) is 2.67. The molecule has 0 saturated carbocycles. The molecule has 1 aliphatic rings. The summed E-state index contributed by atoms with van der Waals surface area (Å²) in [5.41, 5.74) is 1.76. The van der Waals surface area contributed by atoms with Gasteiger partial charge in [-0.1, -0.05) is 30.3 Å². The Kier molecular flexibility index (Phi) is 5.26. The number of hydrogen-bond acceptors (Lipinski definition) is 3. The molecule has 0 bridgehead atoms. The topological polar surface area (TPSA) is 78.5 Å². The molecule has 1 fully saturated rings. The molecule has 3 rings (SSSR count). The summed E-state index contributed by atoms with van der Waals surface area (Å²) in [6.07, 6.45) is 0.405. The predicted molar refractivity (Wildman–Crippen MR) is 92.8 cm³/mol. The van der Waals surface area contributed by atoms with E-state index in [4.69, 9.17) is 0 Å². The van der Waals surface area contributed by atoms with Gasteiger partial charge < -0.3 is 10.6 Å². The van der Waals surface area contributed by atoms with Gasteiger partial charge in [0.1, 0.15) is 5.82 Å². The summed E-state index contributed by atoms with van der Waals surface area (Å²) >= 11 is 0. The average Bonchev–Trinajstić information content (AvgIpc) is 2.96. The van der Waals surface area contributed by atoms with E-state index in [1.54, 1.807) is 42.5 Å². The summed E-state index contributed by atoms with van der Waals surface area (Å²) in [5.74, 6) is -0.820. The monoisotopic (exact) mass is 355 g/mol. The van der Waals surface area contributed by atoms with Crippen molar-refractivity contribution < 1.29 is 18.8 Å². The van der Waals surface area contributed by atoms with Crippen molar-refractivity contribution in [2.45, 2.75) is 13.0 Å². The molecule has 2 aromatic rings. The molecular weight excluding hydrogens is 337 g/mol. The number of nitrogens with one attached hydrogen (secondary N) is 2. The van der Waals surface area contributed by atoms with Gasteiger partial charge in [0.2, 0.25) is 5.91 Å². The van der Waals surface area contributed by atoms with Gasteiger partial charge in [-0.05, 0) is 35.7 Å². The van der Waals surface area contributed by atoms with Crippen LogP contribution < -0.4 is 10.6 Å². The highest BCUT2D eigenvalue weighted by atomic mass is 19.1. The van der Waals surface area contributed by atoms with Crippen LogP contribution in [0, 0.1) is 5.82 Å². The van der Waals surface area contributed by atoms with E-state index in [2.05, 4.69) is 10.6 Å². The summed E-state index contributed by atoms with van der Waals surface area (Å²) in [6, 6.07) is 12.7. The van der Waals surface area contributed by atoms with Crippen molar-refractivity contribution in [2.24, 2.45) is 0 Å². The lowest BCUT2D eigenvalue weighted by Gasteiger charge is -2.12. The number of imide groups is 1. The number of carbonyl (C=O) groups excluding carboxylic acids is 3. The molecule has 26 heavy (non-hydrogen) atoms. The van der Waals surface area contributed by atoms with E-state index in [1.165, 1.54) is 6.07 Å². The first-order valence-electron chi connectivity index (χ1n) is 8.23. The third-order valence-corrected chi connectivity index (χ3v) is 4.13. The summed E-state index contributed by atoms with van der Waals surface area (Å²) in [7, 11) is 0. The van der Waals surface area contributed by atoms with Crippen LogP contribution in [-0.2, 0) is 17.8 Å². The van der Waals surface area contributed by atoms with Gasteiger partial charge in [-0.3, -0.25) is 14.5 Å². The van der Waals surface area contributed by atoms with Crippen molar-refractivity contribution in [3.63, 3.8) is 0 Å². The molecule has 4 amide bonds. The quantitative estimate of drug-likeness (QED) is 0.776. The molecule has 0 aliphatic carbocycles. The second-order valence-electron chi connectivity index (χ2n) is 5.93. The zero-order valence-electron chi connectivity index (χ0n) is 14.0. The van der Waals surface area contributed by atoms with E-state index in [0.29, 0.717) is 24.1 Å². The zero-order chi connectivity index (χ0) is 18.5. The van der Waals surface area contributed by atoms with Crippen LogP contribution in [-0.4, -0.2) is 35.8 Å². The number of hydrogen-bond donors (Lipinski definition) is 2. The standard InChI is InChI=1S/C19H18FN3O3/c20-16-4-2-1-3-14(16)9-10-21-18(25)15-7-5-13(6-8-15)12-23-17(24)11-22-19(23)26/h1-8H,9-12H2,(H,21,25)(H,22,26). The van der Waals surface area contributed by atoms with Crippen molar-refractivity contribution >= 4 is 17.8 Å². The van der Waals surface area contributed by atoms with Gasteiger partial charge in [0, 0.05) is 12.1 Å². The first kappa shape index (κ1) is 17.6. The lowest BCUT2D eigenvalue weighted by Crippen LogP contribution is -2.30. The van der Waals surface area contributed by atoms with Gasteiger partial charge in [-0.2, -0.15) is 0 Å². The molecule has 2 N–H and O–H groups in total. The SMILES string of the molecule is O=C(NCCc1ccccc1F)c1ccc(CN2C(=O)CNC2=O)cc1. The van der Waals surface area contributed by atoms with E-state index in [1.807, 2.05) is 0 Å². The zero-order valence-corrected chi connectivity index (χ0v) is 14.0. The third kappa shape index (κ3) is 4.05. The number of rotatable bonds is 6. The minimum atomic E-state index is -0.412. The summed E-state index contributed by atoms with van der Waals surface area (Å²) < 4.78 is 13.5. The maximum Gasteiger partial charge on any atom is 0.324 e. The number of urea groups is 1. The summed E-state index contributed by atoms with van der Waals surface area (Å²) in [4.78, 5) is 36.4. The number of carbonyl (C=O) groups is 3. The number of amides is 4. The van der Waals surface area contributed by atoms with Crippen LogP contribution in [0.3, 0.4) is 0 Å². The first-order chi connectivity index (χ1) is 12.5. The maximum atomic E-state index is 13.5. The normalized spacial score (nSPS) is 13.7. The van der Waals surface area contributed by atoms with Gasteiger partial charge >= 0.3 is 6.03 Å². The molecule has 0 unspecified atom stereocenters. The van der Waals surface area contributed by atoms with Crippen LogP contribution in [0.25, 0.3) is 0 Å². The molecule has 0 radical (unpaired) electrons. The molecule has 1 aliphatic heterocycles. The summed E-state index contributed by atoms with van der Waals surface area (Å²) in [5, 5.41) is 5.20. The largest absolute Gasteiger partial charge is 0.352 e. The Hall–Kier alpha value is -3.22. The van der Waals surface area contributed by atoms with Gasteiger partial charge in [0.25, 0.3) is 5.91 Å². The highest BCUT2D eigenvalue weighted by Crippen LogP contribution is 2.11. The first-order valence-corrected chi connectivity index (χ1v) is 8.23. The van der Waals surface area contributed by atoms with E-state index in [0.717, 1.165) is 10.5 Å². The minimum Gasteiger partial charge on any atom is -0.352 e. The van der Waals surface area contributed by atoms with Crippen LogP contribution in [0.15, 0.2) is 48.5 Å². The van der Waals surface area contributed by atoms with Gasteiger partial charge in [-0.15, -0.1) is 0 Å². The Labute approximate surface area is 150 Å². The van der Waals surface area contributed by atoms with Crippen molar-refractivity contribution in [3.8, 4) is 0 Å². The fourth-order valence-corrected chi connectivity index (χ4v) is 2.67. The average molecular weight is 355 g/mol. The molecule has 1 heterocycles. The van der Waals surface area contributed by atoms with Crippen molar-refractivity contribution in [2.75, 3.05) is 13.1 Å². The molecule has 0 spiro atoms. The number of halogens is 1. The third-order valence-electron chi connectivity index (χ3n) is 4.13. The predicted octanol–water partition coefficient (Wildman–Crippen LogP) is 1.85. The second kappa shape index (κ2) is 7.77. The van der Waals surface area contributed by atoms with Crippen LogP contribution in [0.5, 0.6) is 0 Å². The van der Waals surface area contributed by atoms with E-state index in [-0.39, 0.29) is 30.7 Å². The Balaban J connectivity index is 1.53. The molecule has 1 saturated heterocycles. The second-order valence-corrected chi connectivity index (χ2v) is 5.93. The van der Waals surface area contributed by atoms with Crippen LogP contribution >= 0.6 is 0 Å². The Morgan fingerprint density at radius 2 is 1.85 bits per heavy atom. The van der Waals surface area contributed by atoms with Crippen LogP contribution in [0.2, 0.25) is 0 Å². The Morgan fingerprint density at radius 3 is 2.50 bits per heavy atom. The Morgan fingerprint density at radius 1 is 1.12 bits per heavy atom. The molecule has 0 atom stereocenters. The maximum absolute atomic E-state index is 13.5. The van der Waals surface area contributed by atoms with Gasteiger partial charge in [-0.25, -0.2) is 9.18 Å². The highest BCUT2D eigenvalue weighted by molar-refractivity contribution is 6.01. The van der Waals surface area contributed by atoms with E-state index in [9.17, 15) is 18.8 Å². The molecular formula is C19H18FN3O3. The van der Waals surface area contributed by atoms with Crippen LogP contribution in [0.1, 0.15) is 21.5 Å². The molecule has 6 nitrogen and oxygen atoms in total. The van der Waals surface area contributed by atoms with Gasteiger partial charge in [0.15, 0.2) is 0 Å². The lowest BCUT2D eigenvalue weighted by molar-refractivity contribution is -0.125. The molecule has 134 valence electrons. The molecule has 0 aromatic heterocycles. The highest BCUT2D eigenvalue weighted by Gasteiger charge is 2.28. The van der Waals surface area contributed by atoms with Crippen molar-refractivity contribution in [1.82, 2.24) is 15.5 Å². The summed E-state index contributed by atoms with van der Waals surface area (Å²) in [6.45, 7) is 0.505. The molecule has 2 aromatic carbocycles. The van der Waals surface area contributed by atoms with Crippen LogP contribution in [0.4, 0.5) is 9.18 Å². The minimum absolute atomic E-state index is 0.0152. The lowest BCUT2D eigenvalue weighted by atomic mass is 10.1. The fraction of sp³-hybridized carbons (Fsp3) is 0.211. The van der Waals surface area contributed by atoms with Crippen molar-refractivity contribution in [3.05, 3.63) is 71.0 Å².